The molecule has 2 nitrogen and oxygen atoms in total. The fraction of sp³-hybridized carbons (Fsp3) is 0.818. The zero-order valence-corrected chi connectivity index (χ0v) is 8.02. The van der Waals surface area contributed by atoms with E-state index in [1.165, 1.54) is 19.5 Å². The first-order valence-corrected chi connectivity index (χ1v) is 5.49. The molecule has 0 aromatic carbocycles. The molecule has 1 aliphatic heterocycles. The number of hydrogen-bond acceptors (Lipinski definition) is 2. The highest BCUT2D eigenvalue weighted by atomic mass is 15.2. The van der Waals surface area contributed by atoms with Gasteiger partial charge in [-0.1, -0.05) is 12.2 Å². The van der Waals surface area contributed by atoms with Crippen molar-refractivity contribution in [1.82, 2.24) is 4.90 Å². The maximum atomic E-state index is 5.59. The summed E-state index contributed by atoms with van der Waals surface area (Å²) < 4.78 is 0. The van der Waals surface area contributed by atoms with E-state index in [0.29, 0.717) is 0 Å². The summed E-state index contributed by atoms with van der Waals surface area (Å²) in [4.78, 5) is 2.56. The van der Waals surface area contributed by atoms with Crippen LogP contribution in [-0.4, -0.2) is 31.1 Å². The number of fused-ring (bicyclic) bond motifs is 5. The molecule has 4 atom stereocenters. The maximum absolute atomic E-state index is 5.59. The Morgan fingerprint density at radius 3 is 2.31 bits per heavy atom. The number of nitrogens with two attached hydrogens (primary N) is 1. The Bertz CT molecular complexity index is 216. The second kappa shape index (κ2) is 2.82. The Labute approximate surface area is 79.8 Å². The second-order valence-electron chi connectivity index (χ2n) is 4.82. The van der Waals surface area contributed by atoms with Crippen molar-refractivity contribution in [2.75, 3.05) is 26.2 Å². The van der Waals surface area contributed by atoms with E-state index in [0.717, 1.165) is 36.8 Å². The van der Waals surface area contributed by atoms with E-state index in [9.17, 15) is 0 Å². The summed E-state index contributed by atoms with van der Waals surface area (Å²) in [6.45, 7) is 4.55. The number of nitrogens with zero attached hydrogens (tertiary/aromatic N) is 1. The standard InChI is InChI=1S/C11H18N2/c12-3-4-13-6-10-8-1-2-9(5-8)11(10)7-13/h1-2,8-11H,3-7,12H2/t8-,9-,10-,11-/m0/s1. The van der Waals surface area contributed by atoms with Crippen LogP contribution < -0.4 is 5.73 Å². The van der Waals surface area contributed by atoms with E-state index in [4.69, 9.17) is 5.73 Å². The molecule has 3 aliphatic rings. The first kappa shape index (κ1) is 8.01. The molecular weight excluding hydrogens is 160 g/mol. The highest BCUT2D eigenvalue weighted by molar-refractivity contribution is 5.16. The molecule has 0 unspecified atom stereocenters. The molecule has 72 valence electrons. The van der Waals surface area contributed by atoms with Gasteiger partial charge >= 0.3 is 0 Å². The summed E-state index contributed by atoms with van der Waals surface area (Å²) in [5.41, 5.74) is 5.59. The average Bonchev–Trinajstić information content (AvgIpc) is 2.72. The predicted octanol–water partition coefficient (Wildman–Crippen LogP) is 0.699. The Morgan fingerprint density at radius 2 is 1.77 bits per heavy atom. The van der Waals surface area contributed by atoms with Crippen LogP contribution in [0.1, 0.15) is 6.42 Å². The molecule has 0 amide bonds. The van der Waals surface area contributed by atoms with Gasteiger partial charge in [0.2, 0.25) is 0 Å². The minimum atomic E-state index is 0.822. The van der Waals surface area contributed by atoms with Crippen LogP contribution in [0, 0.1) is 23.7 Å². The van der Waals surface area contributed by atoms with E-state index >= 15 is 0 Å². The Balaban J connectivity index is 1.72. The molecule has 2 heteroatoms. The normalized spacial score (nSPS) is 47.5. The summed E-state index contributed by atoms with van der Waals surface area (Å²) in [6.07, 6.45) is 6.36. The first-order valence-electron chi connectivity index (χ1n) is 5.49. The highest BCUT2D eigenvalue weighted by Crippen LogP contribution is 2.51. The third kappa shape index (κ3) is 1.09. The van der Waals surface area contributed by atoms with Gasteiger partial charge in [0, 0.05) is 26.2 Å². The van der Waals surface area contributed by atoms with Crippen molar-refractivity contribution in [1.29, 1.82) is 0 Å². The molecular formula is C11H18N2. The van der Waals surface area contributed by atoms with Gasteiger partial charge in [-0.05, 0) is 30.1 Å². The lowest BCUT2D eigenvalue weighted by molar-refractivity contribution is 0.306. The van der Waals surface area contributed by atoms with Gasteiger partial charge in [0.25, 0.3) is 0 Å². The van der Waals surface area contributed by atoms with Crippen molar-refractivity contribution in [3.63, 3.8) is 0 Å². The lowest BCUT2D eigenvalue weighted by Crippen LogP contribution is -2.28. The van der Waals surface area contributed by atoms with Gasteiger partial charge < -0.3 is 10.6 Å². The van der Waals surface area contributed by atoms with Crippen molar-refractivity contribution < 1.29 is 0 Å². The molecule has 1 saturated heterocycles. The van der Waals surface area contributed by atoms with Gasteiger partial charge in [-0.25, -0.2) is 0 Å². The average molecular weight is 178 g/mol. The fourth-order valence-corrected chi connectivity index (χ4v) is 3.60. The molecule has 0 aromatic rings. The zero-order chi connectivity index (χ0) is 8.84. The van der Waals surface area contributed by atoms with Crippen molar-refractivity contribution in [3.8, 4) is 0 Å². The molecule has 0 radical (unpaired) electrons. The summed E-state index contributed by atoms with van der Waals surface area (Å²) in [7, 11) is 0. The topological polar surface area (TPSA) is 29.3 Å². The van der Waals surface area contributed by atoms with E-state index in [1.54, 1.807) is 0 Å². The van der Waals surface area contributed by atoms with Crippen LogP contribution in [0.2, 0.25) is 0 Å². The Morgan fingerprint density at radius 1 is 1.15 bits per heavy atom. The second-order valence-corrected chi connectivity index (χ2v) is 4.82. The largest absolute Gasteiger partial charge is 0.329 e. The lowest BCUT2D eigenvalue weighted by Gasteiger charge is -2.17. The lowest BCUT2D eigenvalue weighted by atomic mass is 9.86. The van der Waals surface area contributed by atoms with Crippen molar-refractivity contribution in [2.45, 2.75) is 6.42 Å². The number of allylic oxidation sites excluding steroid dienone is 2. The molecule has 2 bridgehead atoms. The minimum Gasteiger partial charge on any atom is -0.329 e. The van der Waals surface area contributed by atoms with Crippen LogP contribution in [0.15, 0.2) is 12.2 Å². The van der Waals surface area contributed by atoms with Gasteiger partial charge in [-0.15, -0.1) is 0 Å². The van der Waals surface area contributed by atoms with Crippen LogP contribution in [0.25, 0.3) is 0 Å². The highest BCUT2D eigenvalue weighted by Gasteiger charge is 2.48. The third-order valence-electron chi connectivity index (χ3n) is 4.18. The van der Waals surface area contributed by atoms with Crippen molar-refractivity contribution in [2.24, 2.45) is 29.4 Å². The molecule has 2 fully saturated rings. The summed E-state index contributed by atoms with van der Waals surface area (Å²) in [5, 5.41) is 0. The number of likely N-dealkylation sites (tertiary alicyclic amines) is 1. The molecule has 1 saturated carbocycles. The van der Waals surface area contributed by atoms with Crippen LogP contribution in [0.3, 0.4) is 0 Å². The molecule has 0 aromatic heterocycles. The van der Waals surface area contributed by atoms with E-state index in [-0.39, 0.29) is 0 Å². The van der Waals surface area contributed by atoms with Crippen LogP contribution >= 0.6 is 0 Å². The summed E-state index contributed by atoms with van der Waals surface area (Å²) in [6, 6.07) is 0. The zero-order valence-electron chi connectivity index (χ0n) is 8.02. The number of hydrogen-bond donors (Lipinski definition) is 1. The van der Waals surface area contributed by atoms with Gasteiger partial charge in [0.15, 0.2) is 0 Å². The molecule has 2 aliphatic carbocycles. The van der Waals surface area contributed by atoms with Crippen LogP contribution in [-0.2, 0) is 0 Å². The third-order valence-corrected chi connectivity index (χ3v) is 4.18. The van der Waals surface area contributed by atoms with E-state index < -0.39 is 0 Å². The van der Waals surface area contributed by atoms with Crippen LogP contribution in [0.4, 0.5) is 0 Å². The summed E-state index contributed by atoms with van der Waals surface area (Å²) in [5.74, 6) is 3.78. The SMILES string of the molecule is NCCN1C[C@@H]2[C@@H](C1)[C@H]1C=C[C@H]2C1. The number of rotatable bonds is 2. The Hall–Kier alpha value is -0.340. The van der Waals surface area contributed by atoms with Crippen LogP contribution in [0.5, 0.6) is 0 Å². The first-order chi connectivity index (χ1) is 6.38. The molecule has 3 rings (SSSR count). The van der Waals surface area contributed by atoms with E-state index in [2.05, 4.69) is 17.1 Å². The Kier molecular flexibility index (Phi) is 1.74. The molecule has 0 spiro atoms. The minimum absolute atomic E-state index is 0.822. The maximum Gasteiger partial charge on any atom is 0.0105 e. The van der Waals surface area contributed by atoms with Gasteiger partial charge in [0.1, 0.15) is 0 Å². The summed E-state index contributed by atoms with van der Waals surface area (Å²) >= 11 is 0. The van der Waals surface area contributed by atoms with Gasteiger partial charge in [-0.3, -0.25) is 0 Å². The molecule has 13 heavy (non-hydrogen) atoms. The van der Waals surface area contributed by atoms with Gasteiger partial charge in [-0.2, -0.15) is 0 Å². The monoisotopic (exact) mass is 178 g/mol. The quantitative estimate of drug-likeness (QED) is 0.631. The fourth-order valence-electron chi connectivity index (χ4n) is 3.60. The van der Waals surface area contributed by atoms with Crippen molar-refractivity contribution >= 4 is 0 Å². The molecule has 2 N–H and O–H groups in total. The predicted molar refractivity (Wildman–Crippen MR) is 53.2 cm³/mol. The smallest absolute Gasteiger partial charge is 0.0105 e. The molecule has 1 heterocycles. The van der Waals surface area contributed by atoms with E-state index in [1.807, 2.05) is 0 Å². The van der Waals surface area contributed by atoms with Gasteiger partial charge in [0.05, 0.1) is 0 Å². The van der Waals surface area contributed by atoms with Crippen molar-refractivity contribution in [3.05, 3.63) is 12.2 Å².